The van der Waals surface area contributed by atoms with Crippen molar-refractivity contribution < 1.29 is 13.9 Å². The van der Waals surface area contributed by atoms with Gasteiger partial charge in [0.1, 0.15) is 30.0 Å². The van der Waals surface area contributed by atoms with Crippen LogP contribution in [0.25, 0.3) is 21.7 Å². The van der Waals surface area contributed by atoms with Crippen LogP contribution in [-0.4, -0.2) is 0 Å². The van der Waals surface area contributed by atoms with Gasteiger partial charge >= 0.3 is 0 Å². The summed E-state index contributed by atoms with van der Waals surface area (Å²) in [7, 11) is 0. The van der Waals surface area contributed by atoms with Crippen LogP contribution in [0.1, 0.15) is 5.56 Å². The molecule has 0 aliphatic heterocycles. The molecule has 5 rings (SSSR count). The maximum Gasteiger partial charge on any atom is 0.235 e. The fraction of sp³-hybridized carbons (Fsp3) is 0.0385. The number of benzene rings is 4. The van der Waals surface area contributed by atoms with Crippen LogP contribution < -0.4 is 14.9 Å². The first-order chi connectivity index (χ1) is 15.2. The summed E-state index contributed by atoms with van der Waals surface area (Å²) in [5, 5.41) is 2.58. The molecule has 0 radical (unpaired) electrons. The molecule has 0 saturated heterocycles. The van der Waals surface area contributed by atoms with Gasteiger partial charge in [0.2, 0.25) is 11.2 Å². The molecule has 0 atom stereocenters. The lowest BCUT2D eigenvalue weighted by atomic mass is 10.1. The van der Waals surface area contributed by atoms with Crippen LogP contribution >= 0.6 is 15.9 Å². The quantitative estimate of drug-likeness (QED) is 0.274. The van der Waals surface area contributed by atoms with Crippen LogP contribution in [0.15, 0.2) is 105 Å². The normalized spacial score (nSPS) is 11.0. The first-order valence-electron chi connectivity index (χ1n) is 9.75. The van der Waals surface area contributed by atoms with Crippen molar-refractivity contribution >= 4 is 37.7 Å². The van der Waals surface area contributed by atoms with Crippen molar-refractivity contribution in [3.8, 4) is 17.2 Å². The monoisotopic (exact) mass is 472 g/mol. The van der Waals surface area contributed by atoms with E-state index in [1.54, 1.807) is 18.2 Å². The van der Waals surface area contributed by atoms with E-state index in [4.69, 9.17) is 13.9 Å². The summed E-state index contributed by atoms with van der Waals surface area (Å²) in [4.78, 5) is 12.9. The van der Waals surface area contributed by atoms with Crippen LogP contribution in [0.2, 0.25) is 0 Å². The molecule has 4 nitrogen and oxygen atoms in total. The van der Waals surface area contributed by atoms with Gasteiger partial charge < -0.3 is 13.9 Å². The molecule has 0 aliphatic rings. The summed E-state index contributed by atoms with van der Waals surface area (Å²) in [6.45, 7) is 0.415. The highest BCUT2D eigenvalue weighted by Gasteiger charge is 2.11. The van der Waals surface area contributed by atoms with Crippen LogP contribution in [0, 0.1) is 0 Å². The van der Waals surface area contributed by atoms with E-state index < -0.39 is 0 Å². The molecule has 0 unspecified atom stereocenters. The van der Waals surface area contributed by atoms with Crippen molar-refractivity contribution in [2.24, 2.45) is 0 Å². The van der Waals surface area contributed by atoms with Crippen molar-refractivity contribution in [3.63, 3.8) is 0 Å². The molecular weight excluding hydrogens is 456 g/mol. The Bertz CT molecular complexity index is 1460. The third-order valence-corrected chi connectivity index (χ3v) is 5.45. The zero-order chi connectivity index (χ0) is 21.2. The van der Waals surface area contributed by atoms with E-state index in [1.165, 1.54) is 6.26 Å². The molecule has 5 aromatic rings. The lowest BCUT2D eigenvalue weighted by Crippen LogP contribution is -2.05. The smallest absolute Gasteiger partial charge is 0.235 e. The Balaban J connectivity index is 1.39. The largest absolute Gasteiger partial charge is 0.489 e. The third kappa shape index (κ3) is 4.18. The minimum Gasteiger partial charge on any atom is -0.489 e. The standard InChI is InChI=1S/C26H17BrO4/c27-20-7-3-4-17(12-20)15-29-21-10-11-23-24(14-21)30-16-25(26(23)28)31-22-9-8-18-5-1-2-6-19(18)13-22/h1-14,16H,15H2. The number of rotatable bonds is 5. The van der Waals surface area contributed by atoms with Crippen LogP contribution in [0.3, 0.4) is 0 Å². The van der Waals surface area contributed by atoms with Crippen LogP contribution in [0.4, 0.5) is 0 Å². The number of ether oxygens (including phenoxy) is 2. The Morgan fingerprint density at radius 3 is 2.52 bits per heavy atom. The molecule has 0 spiro atoms. The van der Waals surface area contributed by atoms with Gasteiger partial charge in [0.05, 0.1) is 5.39 Å². The molecule has 1 aromatic heterocycles. The maximum absolute atomic E-state index is 12.9. The second kappa shape index (κ2) is 8.28. The third-order valence-electron chi connectivity index (χ3n) is 4.96. The van der Waals surface area contributed by atoms with Crippen molar-refractivity contribution in [2.45, 2.75) is 6.61 Å². The van der Waals surface area contributed by atoms with Crippen molar-refractivity contribution in [1.82, 2.24) is 0 Å². The maximum atomic E-state index is 12.9. The molecule has 4 aromatic carbocycles. The molecule has 5 heteroatoms. The molecular formula is C26H17BrO4. The van der Waals surface area contributed by atoms with Gasteiger partial charge in [-0.2, -0.15) is 0 Å². The Hall–Kier alpha value is -3.57. The van der Waals surface area contributed by atoms with Crippen molar-refractivity contribution in [2.75, 3.05) is 0 Å². The fourth-order valence-corrected chi connectivity index (χ4v) is 3.85. The lowest BCUT2D eigenvalue weighted by molar-refractivity contribution is 0.306. The predicted molar refractivity (Wildman–Crippen MR) is 125 cm³/mol. The number of hydrogen-bond acceptors (Lipinski definition) is 4. The highest BCUT2D eigenvalue weighted by atomic mass is 79.9. The molecule has 0 aliphatic carbocycles. The molecule has 0 fully saturated rings. The van der Waals surface area contributed by atoms with Gasteiger partial charge in [-0.05, 0) is 52.7 Å². The van der Waals surface area contributed by atoms with Gasteiger partial charge in [-0.15, -0.1) is 0 Å². The zero-order valence-electron chi connectivity index (χ0n) is 16.4. The van der Waals surface area contributed by atoms with E-state index in [-0.39, 0.29) is 11.2 Å². The summed E-state index contributed by atoms with van der Waals surface area (Å²) in [6, 6.07) is 26.8. The van der Waals surface area contributed by atoms with Gasteiger partial charge in [0, 0.05) is 10.5 Å². The van der Waals surface area contributed by atoms with Gasteiger partial charge in [0.25, 0.3) is 0 Å². The molecule has 31 heavy (non-hydrogen) atoms. The molecule has 0 saturated carbocycles. The minimum atomic E-state index is -0.229. The van der Waals surface area contributed by atoms with E-state index in [1.807, 2.05) is 66.7 Å². The van der Waals surface area contributed by atoms with Gasteiger partial charge in [0.15, 0.2) is 0 Å². The highest BCUT2D eigenvalue weighted by molar-refractivity contribution is 9.10. The predicted octanol–water partition coefficient (Wildman–Crippen LogP) is 7.08. The fourth-order valence-electron chi connectivity index (χ4n) is 3.40. The van der Waals surface area contributed by atoms with Gasteiger partial charge in [-0.1, -0.05) is 58.4 Å². The summed E-state index contributed by atoms with van der Waals surface area (Å²) in [6.07, 6.45) is 1.35. The average molecular weight is 473 g/mol. The molecule has 152 valence electrons. The van der Waals surface area contributed by atoms with Gasteiger partial charge in [-0.3, -0.25) is 4.79 Å². The average Bonchev–Trinajstić information content (AvgIpc) is 2.79. The second-order valence-corrected chi connectivity index (χ2v) is 8.03. The molecule has 0 bridgehead atoms. The van der Waals surface area contributed by atoms with E-state index in [0.717, 1.165) is 20.8 Å². The van der Waals surface area contributed by atoms with E-state index in [0.29, 0.717) is 29.1 Å². The Labute approximate surface area is 186 Å². The lowest BCUT2D eigenvalue weighted by Gasteiger charge is -2.09. The summed E-state index contributed by atoms with van der Waals surface area (Å²) >= 11 is 3.45. The Morgan fingerprint density at radius 2 is 1.65 bits per heavy atom. The van der Waals surface area contributed by atoms with Crippen LogP contribution in [-0.2, 0) is 6.61 Å². The first-order valence-corrected chi connectivity index (χ1v) is 10.5. The first kappa shape index (κ1) is 19.4. The molecule has 1 heterocycles. The Kier molecular flexibility index (Phi) is 5.18. The minimum absolute atomic E-state index is 0.144. The van der Waals surface area contributed by atoms with E-state index in [9.17, 15) is 4.79 Å². The SMILES string of the molecule is O=c1c(Oc2ccc3ccccc3c2)coc2cc(OCc3cccc(Br)c3)ccc12. The zero-order valence-corrected chi connectivity index (χ0v) is 18.0. The summed E-state index contributed by atoms with van der Waals surface area (Å²) in [5.41, 5.74) is 1.26. The number of halogens is 1. The van der Waals surface area contributed by atoms with Crippen molar-refractivity contribution in [1.29, 1.82) is 0 Å². The van der Waals surface area contributed by atoms with Gasteiger partial charge in [-0.25, -0.2) is 0 Å². The van der Waals surface area contributed by atoms with E-state index >= 15 is 0 Å². The highest BCUT2D eigenvalue weighted by Crippen LogP contribution is 2.27. The van der Waals surface area contributed by atoms with Crippen LogP contribution in [0.5, 0.6) is 17.2 Å². The topological polar surface area (TPSA) is 48.7 Å². The van der Waals surface area contributed by atoms with Crippen molar-refractivity contribution in [3.05, 3.63) is 111 Å². The summed E-state index contributed by atoms with van der Waals surface area (Å²) < 4.78 is 18.4. The molecule has 0 amide bonds. The second-order valence-electron chi connectivity index (χ2n) is 7.12. The Morgan fingerprint density at radius 1 is 0.806 bits per heavy atom. The number of hydrogen-bond donors (Lipinski definition) is 0. The summed E-state index contributed by atoms with van der Waals surface area (Å²) in [5.74, 6) is 1.35. The molecule has 0 N–H and O–H groups in total. The van der Waals surface area contributed by atoms with E-state index in [2.05, 4.69) is 15.9 Å². The number of fused-ring (bicyclic) bond motifs is 2.